The van der Waals surface area contributed by atoms with E-state index in [1.807, 2.05) is 35.2 Å². The minimum absolute atomic E-state index is 0.105. The maximum absolute atomic E-state index is 12.6. The van der Waals surface area contributed by atoms with Crippen molar-refractivity contribution < 1.29 is 4.79 Å². The highest BCUT2D eigenvalue weighted by atomic mass is 16.2. The minimum atomic E-state index is 0.105. The van der Waals surface area contributed by atoms with Crippen LogP contribution in [-0.2, 0) is 6.42 Å². The molecule has 0 aromatic heterocycles. The Bertz CT molecular complexity index is 631. The number of carbonyl (C=O) groups is 1. The number of fused-ring (bicyclic) bond motifs is 1. The van der Waals surface area contributed by atoms with Crippen LogP contribution in [0.3, 0.4) is 0 Å². The molecule has 0 spiro atoms. The van der Waals surface area contributed by atoms with Gasteiger partial charge >= 0.3 is 0 Å². The molecule has 0 N–H and O–H groups in total. The van der Waals surface area contributed by atoms with Gasteiger partial charge in [0.25, 0.3) is 5.91 Å². The molecule has 0 atom stereocenters. The van der Waals surface area contributed by atoms with Gasteiger partial charge < -0.3 is 4.90 Å². The number of aryl methyl sites for hydroxylation is 1. The van der Waals surface area contributed by atoms with Crippen molar-refractivity contribution >= 4 is 11.6 Å². The molecular formula is C17H17NO. The van der Waals surface area contributed by atoms with E-state index in [9.17, 15) is 4.79 Å². The molecule has 2 nitrogen and oxygen atoms in total. The summed E-state index contributed by atoms with van der Waals surface area (Å²) in [6.45, 7) is 4.98. The smallest absolute Gasteiger partial charge is 0.258 e. The molecule has 3 rings (SSSR count). The number of hydrogen-bond donors (Lipinski definition) is 0. The first-order chi connectivity index (χ1) is 9.18. The largest absolute Gasteiger partial charge is 0.307 e. The van der Waals surface area contributed by atoms with Crippen molar-refractivity contribution in [3.05, 3.63) is 64.7 Å². The summed E-state index contributed by atoms with van der Waals surface area (Å²) in [5, 5.41) is 0. The van der Waals surface area contributed by atoms with Gasteiger partial charge in [-0.1, -0.05) is 30.3 Å². The second kappa shape index (κ2) is 4.54. The van der Waals surface area contributed by atoms with E-state index >= 15 is 0 Å². The average Bonchev–Trinajstić information content (AvgIpc) is 2.88. The van der Waals surface area contributed by atoms with E-state index in [0.717, 1.165) is 24.2 Å². The van der Waals surface area contributed by atoms with Gasteiger partial charge in [0.15, 0.2) is 0 Å². The van der Waals surface area contributed by atoms with Gasteiger partial charge in [-0.25, -0.2) is 0 Å². The summed E-state index contributed by atoms with van der Waals surface area (Å²) >= 11 is 0. The zero-order valence-corrected chi connectivity index (χ0v) is 11.3. The lowest BCUT2D eigenvalue weighted by Gasteiger charge is -2.20. The Morgan fingerprint density at radius 2 is 1.79 bits per heavy atom. The summed E-state index contributed by atoms with van der Waals surface area (Å²) in [6, 6.07) is 13.8. The van der Waals surface area contributed by atoms with Crippen LogP contribution in [0.5, 0.6) is 0 Å². The fourth-order valence-corrected chi connectivity index (χ4v) is 2.72. The van der Waals surface area contributed by atoms with Crippen LogP contribution < -0.4 is 4.90 Å². The molecule has 19 heavy (non-hydrogen) atoms. The molecule has 1 amide bonds. The second-order valence-corrected chi connectivity index (χ2v) is 5.09. The van der Waals surface area contributed by atoms with Crippen LogP contribution in [0.1, 0.15) is 27.0 Å². The summed E-state index contributed by atoms with van der Waals surface area (Å²) < 4.78 is 0. The van der Waals surface area contributed by atoms with E-state index in [2.05, 4.69) is 26.0 Å². The summed E-state index contributed by atoms with van der Waals surface area (Å²) in [5.74, 6) is 0.105. The number of nitrogens with zero attached hydrogens (tertiary/aromatic N) is 1. The van der Waals surface area contributed by atoms with E-state index in [-0.39, 0.29) is 5.91 Å². The first-order valence-electron chi connectivity index (χ1n) is 6.64. The topological polar surface area (TPSA) is 20.3 Å². The van der Waals surface area contributed by atoms with Gasteiger partial charge in [0.2, 0.25) is 0 Å². The van der Waals surface area contributed by atoms with Crippen LogP contribution in [0.4, 0.5) is 5.69 Å². The van der Waals surface area contributed by atoms with Crippen molar-refractivity contribution in [2.75, 3.05) is 11.4 Å². The van der Waals surface area contributed by atoms with Crippen LogP contribution in [0.2, 0.25) is 0 Å². The normalized spacial score (nSPS) is 13.5. The molecule has 2 heteroatoms. The van der Waals surface area contributed by atoms with Gasteiger partial charge in [0.1, 0.15) is 0 Å². The first kappa shape index (κ1) is 12.0. The average molecular weight is 251 g/mol. The fraction of sp³-hybridized carbons (Fsp3) is 0.235. The third-order valence-electron chi connectivity index (χ3n) is 3.93. The predicted molar refractivity (Wildman–Crippen MR) is 77.7 cm³/mol. The van der Waals surface area contributed by atoms with Gasteiger partial charge in [0, 0.05) is 12.1 Å². The van der Waals surface area contributed by atoms with Crippen molar-refractivity contribution in [2.24, 2.45) is 0 Å². The molecule has 0 aliphatic carbocycles. The Morgan fingerprint density at radius 1 is 1.05 bits per heavy atom. The highest BCUT2D eigenvalue weighted by Gasteiger charge is 2.27. The maximum atomic E-state index is 12.6. The van der Waals surface area contributed by atoms with Crippen LogP contribution in [0.25, 0.3) is 0 Å². The number of amides is 1. The minimum Gasteiger partial charge on any atom is -0.307 e. The van der Waals surface area contributed by atoms with Gasteiger partial charge in [-0.05, 0) is 49.1 Å². The van der Waals surface area contributed by atoms with Gasteiger partial charge in [-0.15, -0.1) is 0 Å². The van der Waals surface area contributed by atoms with Gasteiger partial charge in [0.05, 0.1) is 5.69 Å². The number of hydrogen-bond acceptors (Lipinski definition) is 1. The van der Waals surface area contributed by atoms with E-state index in [4.69, 9.17) is 0 Å². The summed E-state index contributed by atoms with van der Waals surface area (Å²) in [7, 11) is 0. The Labute approximate surface area is 113 Å². The van der Waals surface area contributed by atoms with Crippen molar-refractivity contribution in [3.8, 4) is 0 Å². The molecule has 0 fully saturated rings. The first-order valence-corrected chi connectivity index (χ1v) is 6.64. The molecule has 0 unspecified atom stereocenters. The Morgan fingerprint density at radius 3 is 2.53 bits per heavy atom. The second-order valence-electron chi connectivity index (χ2n) is 5.09. The molecule has 0 saturated carbocycles. The molecule has 1 aliphatic rings. The lowest BCUT2D eigenvalue weighted by Crippen LogP contribution is -2.29. The summed E-state index contributed by atoms with van der Waals surface area (Å²) in [4.78, 5) is 14.5. The lowest BCUT2D eigenvalue weighted by molar-refractivity contribution is 0.0989. The van der Waals surface area contributed by atoms with Crippen molar-refractivity contribution in [1.29, 1.82) is 0 Å². The molecule has 1 aliphatic heterocycles. The molecule has 0 saturated heterocycles. The van der Waals surface area contributed by atoms with Crippen molar-refractivity contribution in [2.45, 2.75) is 20.3 Å². The van der Waals surface area contributed by atoms with E-state index < -0.39 is 0 Å². The monoisotopic (exact) mass is 251 g/mol. The Hall–Kier alpha value is -2.09. The van der Waals surface area contributed by atoms with Crippen molar-refractivity contribution in [1.82, 2.24) is 0 Å². The fourth-order valence-electron chi connectivity index (χ4n) is 2.72. The molecule has 1 heterocycles. The van der Waals surface area contributed by atoms with Crippen LogP contribution >= 0.6 is 0 Å². The highest BCUT2D eigenvalue weighted by Crippen LogP contribution is 2.34. The number of rotatable bonds is 1. The summed E-state index contributed by atoms with van der Waals surface area (Å²) in [6.07, 6.45) is 0.953. The standard InChI is InChI=1S/C17H17NO/c1-12-8-9-14-10-11-18(16(14)13(12)2)17(19)15-6-4-3-5-7-15/h3-9H,10-11H2,1-2H3. The van der Waals surface area contributed by atoms with Crippen LogP contribution in [0, 0.1) is 13.8 Å². The number of carbonyl (C=O) groups excluding carboxylic acids is 1. The molecule has 0 bridgehead atoms. The third-order valence-corrected chi connectivity index (χ3v) is 3.93. The third kappa shape index (κ3) is 1.93. The van der Waals surface area contributed by atoms with E-state index in [1.54, 1.807) is 0 Å². The van der Waals surface area contributed by atoms with Gasteiger partial charge in [-0.3, -0.25) is 4.79 Å². The highest BCUT2D eigenvalue weighted by molar-refractivity contribution is 6.07. The van der Waals surface area contributed by atoms with Crippen molar-refractivity contribution in [3.63, 3.8) is 0 Å². The lowest BCUT2D eigenvalue weighted by atomic mass is 10.0. The Balaban J connectivity index is 2.03. The zero-order chi connectivity index (χ0) is 13.4. The SMILES string of the molecule is Cc1ccc2c(c1C)N(C(=O)c1ccccc1)CC2. The van der Waals surface area contributed by atoms with Crippen LogP contribution in [-0.4, -0.2) is 12.5 Å². The number of benzene rings is 2. The van der Waals surface area contributed by atoms with Crippen LogP contribution in [0.15, 0.2) is 42.5 Å². The van der Waals surface area contributed by atoms with E-state index in [1.165, 1.54) is 16.7 Å². The van der Waals surface area contributed by atoms with E-state index in [0.29, 0.717) is 0 Å². The quantitative estimate of drug-likeness (QED) is 0.759. The molecule has 96 valence electrons. The zero-order valence-electron chi connectivity index (χ0n) is 11.3. The Kier molecular flexibility index (Phi) is 2.86. The molecule has 2 aromatic carbocycles. The number of anilines is 1. The molecule has 0 radical (unpaired) electrons. The predicted octanol–water partition coefficient (Wildman–Crippen LogP) is 3.51. The summed E-state index contributed by atoms with van der Waals surface area (Å²) in [5.41, 5.74) is 5.63. The maximum Gasteiger partial charge on any atom is 0.258 e. The molecule has 2 aromatic rings. The molecular weight excluding hydrogens is 234 g/mol. The van der Waals surface area contributed by atoms with Gasteiger partial charge in [-0.2, -0.15) is 0 Å².